The summed E-state index contributed by atoms with van der Waals surface area (Å²) < 4.78 is 4.51. The first-order chi connectivity index (χ1) is 12.0. The number of methoxy groups -OCH3 is 1. The van der Waals surface area contributed by atoms with E-state index in [1.807, 2.05) is 0 Å². The van der Waals surface area contributed by atoms with Gasteiger partial charge in [0.25, 0.3) is 11.5 Å². The number of hydrogen-bond acceptors (Lipinski definition) is 5. The van der Waals surface area contributed by atoms with Gasteiger partial charge in [0.05, 0.1) is 12.8 Å². The Morgan fingerprint density at radius 1 is 1.12 bits per heavy atom. The minimum absolute atomic E-state index is 0.0505. The average Bonchev–Trinajstić information content (AvgIpc) is 2.62. The molecule has 1 aromatic carbocycles. The van der Waals surface area contributed by atoms with Gasteiger partial charge >= 0.3 is 5.97 Å². The number of anilines is 1. The molecule has 0 saturated heterocycles. The van der Waals surface area contributed by atoms with Gasteiger partial charge in [-0.1, -0.05) is 12.1 Å². The Bertz CT molecular complexity index is 1100. The number of nitrogens with one attached hydrogen (secondary N) is 3. The standard InChI is InChI=1S/C17H13N3O5/c1-25-17(24)11-6-9(8-18-15(11)22)19-16(23)13-7-14(21)10-4-2-3-5-12(10)20-13/h2-8H,1H3,(H,18,22)(H,19,23)(H,20,21). The number of H-pyrrole nitrogens is 2. The van der Waals surface area contributed by atoms with Gasteiger partial charge in [0, 0.05) is 23.2 Å². The van der Waals surface area contributed by atoms with Gasteiger partial charge in [-0.25, -0.2) is 4.79 Å². The zero-order valence-electron chi connectivity index (χ0n) is 13.1. The number of aromatic amines is 2. The molecule has 8 heteroatoms. The van der Waals surface area contributed by atoms with E-state index in [9.17, 15) is 19.2 Å². The van der Waals surface area contributed by atoms with Crippen LogP contribution in [-0.2, 0) is 4.74 Å². The number of ether oxygens (including phenoxy) is 1. The molecule has 0 atom stereocenters. The van der Waals surface area contributed by atoms with E-state index < -0.39 is 17.4 Å². The fourth-order valence-corrected chi connectivity index (χ4v) is 2.34. The molecule has 0 aliphatic carbocycles. The zero-order chi connectivity index (χ0) is 18.0. The molecule has 3 rings (SSSR count). The molecule has 0 spiro atoms. The Morgan fingerprint density at radius 2 is 1.88 bits per heavy atom. The third-order valence-corrected chi connectivity index (χ3v) is 3.55. The highest BCUT2D eigenvalue weighted by Gasteiger charge is 2.14. The highest BCUT2D eigenvalue weighted by Crippen LogP contribution is 2.11. The summed E-state index contributed by atoms with van der Waals surface area (Å²) in [4.78, 5) is 52.8. The van der Waals surface area contributed by atoms with Gasteiger partial charge < -0.3 is 20.0 Å². The van der Waals surface area contributed by atoms with Crippen molar-refractivity contribution in [2.24, 2.45) is 0 Å². The molecule has 2 aromatic heterocycles. The van der Waals surface area contributed by atoms with E-state index in [1.165, 1.54) is 18.3 Å². The van der Waals surface area contributed by atoms with E-state index in [0.717, 1.165) is 7.11 Å². The Hall–Kier alpha value is -3.68. The van der Waals surface area contributed by atoms with Crippen molar-refractivity contribution in [3.63, 3.8) is 0 Å². The quantitative estimate of drug-likeness (QED) is 0.620. The normalized spacial score (nSPS) is 10.4. The van der Waals surface area contributed by atoms with Crippen LogP contribution in [-0.4, -0.2) is 29.0 Å². The van der Waals surface area contributed by atoms with Crippen LogP contribution in [0.5, 0.6) is 0 Å². The van der Waals surface area contributed by atoms with Crippen molar-refractivity contribution in [1.82, 2.24) is 9.97 Å². The lowest BCUT2D eigenvalue weighted by molar-refractivity contribution is 0.0598. The summed E-state index contributed by atoms with van der Waals surface area (Å²) in [5.74, 6) is -1.41. The monoisotopic (exact) mass is 339 g/mol. The predicted octanol–water partition coefficient (Wildman–Crippen LogP) is 1.26. The second-order valence-corrected chi connectivity index (χ2v) is 5.17. The smallest absolute Gasteiger partial charge is 0.343 e. The minimum atomic E-state index is -0.823. The maximum absolute atomic E-state index is 12.4. The molecule has 126 valence electrons. The molecule has 3 aromatic rings. The highest BCUT2D eigenvalue weighted by molar-refractivity contribution is 6.04. The second kappa shape index (κ2) is 6.44. The molecule has 3 N–H and O–H groups in total. The first-order valence-corrected chi connectivity index (χ1v) is 7.24. The van der Waals surface area contributed by atoms with Gasteiger partial charge in [-0.3, -0.25) is 14.4 Å². The third kappa shape index (κ3) is 3.18. The molecule has 0 unspecified atom stereocenters. The molecule has 2 heterocycles. The Kier molecular flexibility index (Phi) is 4.17. The van der Waals surface area contributed by atoms with Gasteiger partial charge in [-0.05, 0) is 18.2 Å². The van der Waals surface area contributed by atoms with Crippen molar-refractivity contribution >= 4 is 28.5 Å². The lowest BCUT2D eigenvalue weighted by Gasteiger charge is -2.07. The number of carbonyl (C=O) groups excluding carboxylic acids is 2. The number of benzene rings is 1. The maximum Gasteiger partial charge on any atom is 0.343 e. The first-order valence-electron chi connectivity index (χ1n) is 7.24. The molecular formula is C17H13N3O5. The molecule has 0 aliphatic rings. The number of para-hydroxylation sites is 1. The summed E-state index contributed by atoms with van der Waals surface area (Å²) in [6.07, 6.45) is 1.24. The van der Waals surface area contributed by atoms with E-state index in [2.05, 4.69) is 20.0 Å². The van der Waals surface area contributed by atoms with Crippen molar-refractivity contribution in [1.29, 1.82) is 0 Å². The number of rotatable bonds is 3. The van der Waals surface area contributed by atoms with Crippen LogP contribution >= 0.6 is 0 Å². The van der Waals surface area contributed by atoms with Crippen LogP contribution in [0.15, 0.2) is 52.2 Å². The Balaban J connectivity index is 1.94. The highest BCUT2D eigenvalue weighted by atomic mass is 16.5. The molecule has 0 bridgehead atoms. The first kappa shape index (κ1) is 16.2. The summed E-state index contributed by atoms with van der Waals surface area (Å²) >= 11 is 0. The number of amides is 1. The van der Waals surface area contributed by atoms with Gasteiger partial charge in [0.15, 0.2) is 5.43 Å². The van der Waals surface area contributed by atoms with E-state index >= 15 is 0 Å². The summed E-state index contributed by atoms with van der Waals surface area (Å²) in [5, 5.41) is 2.98. The predicted molar refractivity (Wildman–Crippen MR) is 90.9 cm³/mol. The van der Waals surface area contributed by atoms with Crippen LogP contribution in [0.1, 0.15) is 20.8 Å². The average molecular weight is 339 g/mol. The van der Waals surface area contributed by atoms with Gasteiger partial charge in [0.2, 0.25) is 0 Å². The number of aromatic nitrogens is 2. The lowest BCUT2D eigenvalue weighted by atomic mass is 10.2. The van der Waals surface area contributed by atoms with Crippen molar-refractivity contribution in [3.8, 4) is 0 Å². The van der Waals surface area contributed by atoms with E-state index in [1.54, 1.807) is 24.3 Å². The van der Waals surface area contributed by atoms with Crippen molar-refractivity contribution < 1.29 is 14.3 Å². The topological polar surface area (TPSA) is 121 Å². The molecule has 0 saturated carbocycles. The largest absolute Gasteiger partial charge is 0.465 e. The summed E-state index contributed by atoms with van der Waals surface area (Å²) in [6.45, 7) is 0. The minimum Gasteiger partial charge on any atom is -0.465 e. The van der Waals surface area contributed by atoms with Crippen LogP contribution in [0, 0.1) is 0 Å². The Labute approximate surface area is 140 Å². The fourth-order valence-electron chi connectivity index (χ4n) is 2.34. The number of pyridine rings is 2. The van der Waals surface area contributed by atoms with Crippen LogP contribution in [0.4, 0.5) is 5.69 Å². The van der Waals surface area contributed by atoms with E-state index in [0.29, 0.717) is 10.9 Å². The number of hydrogen-bond donors (Lipinski definition) is 3. The molecule has 0 fully saturated rings. The van der Waals surface area contributed by atoms with Gasteiger partial charge in [-0.15, -0.1) is 0 Å². The van der Waals surface area contributed by atoms with Crippen LogP contribution in [0.25, 0.3) is 10.9 Å². The zero-order valence-corrected chi connectivity index (χ0v) is 13.1. The van der Waals surface area contributed by atoms with Gasteiger partial charge in [0.1, 0.15) is 11.3 Å². The van der Waals surface area contributed by atoms with E-state index in [4.69, 9.17) is 0 Å². The summed E-state index contributed by atoms with van der Waals surface area (Å²) in [5.41, 5.74) is -0.419. The molecule has 0 aliphatic heterocycles. The van der Waals surface area contributed by atoms with Crippen molar-refractivity contribution in [2.75, 3.05) is 12.4 Å². The van der Waals surface area contributed by atoms with Crippen LogP contribution in [0.2, 0.25) is 0 Å². The van der Waals surface area contributed by atoms with E-state index in [-0.39, 0.29) is 22.4 Å². The van der Waals surface area contributed by atoms with Crippen molar-refractivity contribution in [3.05, 3.63) is 74.4 Å². The van der Waals surface area contributed by atoms with Crippen LogP contribution < -0.4 is 16.3 Å². The molecule has 25 heavy (non-hydrogen) atoms. The molecule has 1 amide bonds. The molecular weight excluding hydrogens is 326 g/mol. The molecule has 0 radical (unpaired) electrons. The Morgan fingerprint density at radius 3 is 2.64 bits per heavy atom. The number of esters is 1. The fraction of sp³-hybridized carbons (Fsp3) is 0.0588. The van der Waals surface area contributed by atoms with Crippen LogP contribution in [0.3, 0.4) is 0 Å². The third-order valence-electron chi connectivity index (χ3n) is 3.55. The summed E-state index contributed by atoms with van der Waals surface area (Å²) in [6, 6.07) is 9.19. The molecule has 8 nitrogen and oxygen atoms in total. The van der Waals surface area contributed by atoms with Crippen molar-refractivity contribution in [2.45, 2.75) is 0 Å². The summed E-state index contributed by atoms with van der Waals surface area (Å²) in [7, 11) is 1.15. The lowest BCUT2D eigenvalue weighted by Crippen LogP contribution is -2.21. The number of carbonyl (C=O) groups is 2. The number of fused-ring (bicyclic) bond motifs is 1. The van der Waals surface area contributed by atoms with Gasteiger partial charge in [-0.2, -0.15) is 0 Å². The SMILES string of the molecule is COC(=O)c1cc(NC(=O)c2cc(=O)c3ccccc3[nH]2)c[nH]c1=O. The maximum atomic E-state index is 12.4. The second-order valence-electron chi connectivity index (χ2n) is 5.17.